The molecule has 0 aliphatic rings. The number of nitrogens with zero attached hydrogens (tertiary/aromatic N) is 3. The van der Waals surface area contributed by atoms with Crippen LogP contribution in [0.25, 0.3) is 5.70 Å². The number of ether oxygens (including phenoxy) is 1. The van der Waals surface area contributed by atoms with E-state index in [1.54, 1.807) is 0 Å². The minimum Gasteiger partial charge on any atom is -0.478 e. The number of carbonyl (C=O) groups is 2. The lowest BCUT2D eigenvalue weighted by Crippen LogP contribution is -2.39. The molecule has 2 aromatic heterocycles. The number of carboxylic acid groups (broad SMARTS) is 1. The molecule has 0 aliphatic heterocycles. The van der Waals surface area contributed by atoms with Crippen LogP contribution in [-0.2, 0) is 4.74 Å². The van der Waals surface area contributed by atoms with E-state index in [9.17, 15) is 18.4 Å². The summed E-state index contributed by atoms with van der Waals surface area (Å²) in [6.45, 7) is 1.32. The Morgan fingerprint density at radius 3 is 2.52 bits per heavy atom. The van der Waals surface area contributed by atoms with Crippen molar-refractivity contribution in [1.29, 1.82) is 0 Å². The first-order valence-electron chi connectivity index (χ1n) is 8.06. The Balaban J connectivity index is 2.20. The Hall–Kier alpha value is -3.80. The molecule has 1 atom stereocenters. The van der Waals surface area contributed by atoms with Crippen molar-refractivity contribution >= 4 is 17.8 Å². The van der Waals surface area contributed by atoms with Crippen LogP contribution >= 0.6 is 0 Å². The summed E-state index contributed by atoms with van der Waals surface area (Å²) < 4.78 is 32.0. The molecule has 29 heavy (non-hydrogen) atoms. The monoisotopic (exact) mass is 408 g/mol. The largest absolute Gasteiger partial charge is 0.478 e. The lowest BCUT2D eigenvalue weighted by atomic mass is 10.2. The van der Waals surface area contributed by atoms with E-state index in [1.165, 1.54) is 26.1 Å². The van der Waals surface area contributed by atoms with E-state index >= 15 is 0 Å². The molecular weight excluding hydrogens is 390 g/mol. The first-order chi connectivity index (χ1) is 13.6. The van der Waals surface area contributed by atoms with E-state index < -0.39 is 29.9 Å². The molecule has 0 saturated heterocycles. The number of hydrogen-bond donors (Lipinski definition) is 4. The Labute approximate surface area is 163 Å². The Morgan fingerprint density at radius 1 is 1.28 bits per heavy atom. The van der Waals surface area contributed by atoms with Crippen molar-refractivity contribution in [2.75, 3.05) is 7.05 Å². The van der Waals surface area contributed by atoms with Gasteiger partial charge in [0.1, 0.15) is 17.6 Å². The van der Waals surface area contributed by atoms with Crippen LogP contribution in [-0.4, -0.2) is 39.2 Å². The maximum absolute atomic E-state index is 13.7. The maximum Gasteiger partial charge on any atom is 0.413 e. The van der Waals surface area contributed by atoms with Crippen LogP contribution in [0, 0.1) is 11.8 Å². The topological polar surface area (TPSA) is 157 Å². The van der Waals surface area contributed by atoms with Gasteiger partial charge in [-0.05, 0) is 25.1 Å². The number of aromatic nitrogens is 2. The number of nitrogens with two attached hydrogens (primary N) is 2. The molecule has 0 radical (unpaired) electrons. The number of aromatic carboxylic acids is 1. The number of carbonyl (C=O) groups excluding carboxylic acids is 1. The zero-order valence-electron chi connectivity index (χ0n) is 15.4. The second-order valence-corrected chi connectivity index (χ2v) is 5.82. The van der Waals surface area contributed by atoms with Crippen molar-refractivity contribution < 1.29 is 28.2 Å². The zero-order chi connectivity index (χ0) is 21.7. The van der Waals surface area contributed by atoms with E-state index in [0.29, 0.717) is 6.20 Å². The molecule has 0 saturated carbocycles. The third-order valence-corrected chi connectivity index (χ3v) is 3.67. The zero-order valence-corrected chi connectivity index (χ0v) is 15.4. The normalized spacial score (nSPS) is 12.6. The Kier molecular flexibility index (Phi) is 6.62. The van der Waals surface area contributed by atoms with Crippen molar-refractivity contribution in [3.63, 3.8) is 0 Å². The van der Waals surface area contributed by atoms with Crippen LogP contribution in [0.5, 0.6) is 0 Å². The van der Waals surface area contributed by atoms with Gasteiger partial charge in [-0.25, -0.2) is 24.8 Å². The molecule has 6 N–H and O–H groups in total. The predicted molar refractivity (Wildman–Crippen MR) is 96.4 cm³/mol. The van der Waals surface area contributed by atoms with E-state index in [1.807, 2.05) is 0 Å². The van der Waals surface area contributed by atoms with Crippen molar-refractivity contribution in [3.8, 4) is 0 Å². The summed E-state index contributed by atoms with van der Waals surface area (Å²) in [7, 11) is 1.37. The van der Waals surface area contributed by atoms with Gasteiger partial charge in [-0.15, -0.1) is 0 Å². The number of alkyl carbamates (subject to hydrolysis) is 1. The highest BCUT2D eigenvalue weighted by atomic mass is 19.1. The third-order valence-electron chi connectivity index (χ3n) is 3.67. The van der Waals surface area contributed by atoms with Crippen LogP contribution in [0.15, 0.2) is 36.4 Å². The van der Waals surface area contributed by atoms with Gasteiger partial charge in [-0.2, -0.15) is 4.39 Å². The number of carboxylic acids is 1. The van der Waals surface area contributed by atoms with Crippen molar-refractivity contribution in [3.05, 3.63) is 65.0 Å². The summed E-state index contributed by atoms with van der Waals surface area (Å²) in [6, 6.07) is 3.45. The molecule has 1 unspecified atom stereocenters. The summed E-state index contributed by atoms with van der Waals surface area (Å²) in [4.78, 5) is 30.2. The number of amides is 1. The van der Waals surface area contributed by atoms with Crippen LogP contribution in [0.4, 0.5) is 13.6 Å². The fourth-order valence-electron chi connectivity index (χ4n) is 2.22. The summed E-state index contributed by atoms with van der Waals surface area (Å²) in [5, 5.41) is 12.2. The molecule has 2 rings (SSSR count). The second kappa shape index (κ2) is 8.93. The van der Waals surface area contributed by atoms with Gasteiger partial charge >= 0.3 is 12.1 Å². The van der Waals surface area contributed by atoms with Crippen molar-refractivity contribution in [2.45, 2.75) is 13.0 Å². The number of nitrogens with one attached hydrogen (secondary N) is 1. The van der Waals surface area contributed by atoms with Gasteiger partial charge in [0.05, 0.1) is 23.0 Å². The third kappa shape index (κ3) is 5.35. The number of hydrogen-bond acceptors (Lipinski definition) is 8. The molecule has 154 valence electrons. The quantitative estimate of drug-likeness (QED) is 0.314. The Bertz CT molecular complexity index is 949. The highest BCUT2D eigenvalue weighted by Gasteiger charge is 2.20. The summed E-state index contributed by atoms with van der Waals surface area (Å²) in [5.41, 5.74) is 5.69. The van der Waals surface area contributed by atoms with Gasteiger partial charge in [0.25, 0.3) is 0 Å². The van der Waals surface area contributed by atoms with E-state index in [2.05, 4.69) is 15.3 Å². The van der Waals surface area contributed by atoms with Crippen LogP contribution in [0.2, 0.25) is 0 Å². The molecule has 2 heterocycles. The predicted octanol–water partition coefficient (Wildman–Crippen LogP) is 1.33. The van der Waals surface area contributed by atoms with E-state index in [4.69, 9.17) is 21.4 Å². The minimum absolute atomic E-state index is 0.0591. The first-order valence-corrected chi connectivity index (χ1v) is 8.06. The summed E-state index contributed by atoms with van der Waals surface area (Å²) in [5.74, 6) is 2.61. The smallest absolute Gasteiger partial charge is 0.413 e. The molecule has 12 heteroatoms. The fraction of sp³-hybridized carbons (Fsp3) is 0.176. The number of halogens is 2. The van der Waals surface area contributed by atoms with E-state index in [-0.39, 0.29) is 28.3 Å². The molecule has 0 aliphatic carbocycles. The van der Waals surface area contributed by atoms with E-state index in [0.717, 1.165) is 17.3 Å². The second-order valence-electron chi connectivity index (χ2n) is 5.82. The summed E-state index contributed by atoms with van der Waals surface area (Å²) in [6.07, 6.45) is -0.451. The molecule has 0 spiro atoms. The van der Waals surface area contributed by atoms with Gasteiger partial charge in [-0.1, -0.05) is 0 Å². The van der Waals surface area contributed by atoms with Crippen LogP contribution in [0.3, 0.4) is 0 Å². The number of pyridine rings is 2. The standard InChI is InChI=1S/C17H18F2N6O4/c1-8(11-5-10(18)7-23-14(11)19)29-17(28)24-15(25(2)21)13(20)12-4-3-9(6-22-12)16(26)27/h3-8H,20-21H2,1-2H3,(H,24,28)(H,26,27)/b15-13-. The number of hydrazine groups is 1. The fourth-order valence-corrected chi connectivity index (χ4v) is 2.22. The van der Waals surface area contributed by atoms with Crippen molar-refractivity contribution in [2.24, 2.45) is 11.6 Å². The van der Waals surface area contributed by atoms with Crippen molar-refractivity contribution in [1.82, 2.24) is 20.3 Å². The lowest BCUT2D eigenvalue weighted by molar-refractivity contribution is 0.0696. The molecule has 0 fully saturated rings. The number of rotatable bonds is 6. The van der Waals surface area contributed by atoms with Gasteiger partial charge in [-0.3, -0.25) is 15.3 Å². The average Bonchev–Trinajstić information content (AvgIpc) is 2.67. The van der Waals surface area contributed by atoms with Crippen LogP contribution < -0.4 is 16.9 Å². The molecule has 10 nitrogen and oxygen atoms in total. The molecule has 0 bridgehead atoms. The minimum atomic E-state index is -1.17. The molecule has 1 amide bonds. The molecule has 2 aromatic rings. The van der Waals surface area contributed by atoms with Crippen LogP contribution in [0.1, 0.15) is 34.6 Å². The average molecular weight is 408 g/mol. The Morgan fingerprint density at radius 2 is 1.97 bits per heavy atom. The highest BCUT2D eigenvalue weighted by Crippen LogP contribution is 2.20. The molecular formula is C17H18F2N6O4. The van der Waals surface area contributed by atoms with Gasteiger partial charge in [0.2, 0.25) is 5.95 Å². The highest BCUT2D eigenvalue weighted by molar-refractivity contribution is 5.87. The lowest BCUT2D eigenvalue weighted by Gasteiger charge is -2.21. The summed E-state index contributed by atoms with van der Waals surface area (Å²) >= 11 is 0. The first kappa shape index (κ1) is 21.5. The van der Waals surface area contributed by atoms with Gasteiger partial charge in [0.15, 0.2) is 5.82 Å². The van der Waals surface area contributed by atoms with Gasteiger partial charge < -0.3 is 15.6 Å². The molecule has 0 aromatic carbocycles. The van der Waals surface area contributed by atoms with Gasteiger partial charge in [0, 0.05) is 13.2 Å². The maximum atomic E-state index is 13.7. The SMILES string of the molecule is CC(OC(=O)N/C(=C(/N)c1ccc(C(=O)O)cn1)N(C)N)c1cc(F)cnc1F.